The number of rotatable bonds is 8. The van der Waals surface area contributed by atoms with E-state index in [2.05, 4.69) is 0 Å². The Morgan fingerprint density at radius 3 is 2.54 bits per heavy atom. The van der Waals surface area contributed by atoms with Crippen LogP contribution in [0, 0.1) is 19.7 Å². The molecule has 1 aliphatic carbocycles. The molecule has 3 aromatic carbocycles. The third-order valence-corrected chi connectivity index (χ3v) is 7.43. The molecule has 1 N–H and O–H groups in total. The summed E-state index contributed by atoms with van der Waals surface area (Å²) in [4.78, 5) is 11.7. The Morgan fingerprint density at radius 1 is 1.10 bits per heavy atom. The smallest absolute Gasteiger partial charge is 0.306 e. The molecule has 5 rings (SSSR count). The molecule has 39 heavy (non-hydrogen) atoms. The lowest BCUT2D eigenvalue weighted by atomic mass is 9.90. The zero-order chi connectivity index (χ0) is 27.9. The van der Waals surface area contributed by atoms with Crippen LogP contribution in [0.4, 0.5) is 4.39 Å². The van der Waals surface area contributed by atoms with Gasteiger partial charge in [-0.2, -0.15) is 0 Å². The van der Waals surface area contributed by atoms with Gasteiger partial charge in [0.2, 0.25) is 0 Å². The van der Waals surface area contributed by atoms with Crippen molar-refractivity contribution in [2.75, 3.05) is 20.3 Å². The fraction of sp³-hybridized carbons (Fsp3) is 0.406. The number of carbonyl (C=O) groups excluding carboxylic acids is 1. The highest BCUT2D eigenvalue weighted by Crippen LogP contribution is 2.45. The average molecular weight is 535 g/mol. The van der Waals surface area contributed by atoms with Crippen molar-refractivity contribution in [1.82, 2.24) is 0 Å². The Bertz CT molecular complexity index is 1380. The third-order valence-electron chi connectivity index (χ3n) is 7.43. The summed E-state index contributed by atoms with van der Waals surface area (Å²) in [6.45, 7) is 8.07. The van der Waals surface area contributed by atoms with E-state index >= 15 is 4.39 Å². The zero-order valence-corrected chi connectivity index (χ0v) is 23.1. The van der Waals surface area contributed by atoms with Crippen LogP contribution in [0.3, 0.4) is 0 Å². The maximum Gasteiger partial charge on any atom is 0.306 e. The van der Waals surface area contributed by atoms with Gasteiger partial charge in [-0.15, -0.1) is 0 Å². The summed E-state index contributed by atoms with van der Waals surface area (Å²) < 4.78 is 38.0. The van der Waals surface area contributed by atoms with Gasteiger partial charge in [-0.05, 0) is 92.6 Å². The van der Waals surface area contributed by atoms with Crippen LogP contribution in [0.15, 0.2) is 42.5 Å². The van der Waals surface area contributed by atoms with E-state index in [0.717, 1.165) is 33.4 Å². The van der Waals surface area contributed by atoms with E-state index in [1.165, 1.54) is 13.2 Å². The molecular formula is C32H35FO6. The van der Waals surface area contributed by atoms with Gasteiger partial charge in [0, 0.05) is 23.1 Å². The molecule has 206 valence electrons. The molecule has 3 aromatic rings. The number of methoxy groups -OCH3 is 1. The Labute approximate surface area is 228 Å². The van der Waals surface area contributed by atoms with Gasteiger partial charge in [-0.3, -0.25) is 4.79 Å². The number of hydrogen-bond donors (Lipinski definition) is 1. The van der Waals surface area contributed by atoms with E-state index in [9.17, 15) is 9.90 Å². The van der Waals surface area contributed by atoms with Crippen LogP contribution in [0.25, 0.3) is 11.1 Å². The van der Waals surface area contributed by atoms with Crippen molar-refractivity contribution in [3.8, 4) is 28.4 Å². The summed E-state index contributed by atoms with van der Waals surface area (Å²) in [6.07, 6.45) is 1.21. The highest BCUT2D eigenvalue weighted by molar-refractivity contribution is 5.76. The SMILES string of the molecule is COC(=O)C[C@@H]1COc2cc(O[C@@H]3CCc4c(-c5c(C)cc(OCC(C)(C)O)cc5C)ccc(F)c43)ccc21. The van der Waals surface area contributed by atoms with E-state index in [-0.39, 0.29) is 30.7 Å². The van der Waals surface area contributed by atoms with Crippen molar-refractivity contribution < 1.29 is 33.2 Å². The number of ether oxygens (including phenoxy) is 4. The maximum absolute atomic E-state index is 15.3. The highest BCUT2D eigenvalue weighted by Gasteiger charge is 2.32. The van der Waals surface area contributed by atoms with Crippen molar-refractivity contribution >= 4 is 5.97 Å². The van der Waals surface area contributed by atoms with Crippen LogP contribution in [0.5, 0.6) is 17.2 Å². The Balaban J connectivity index is 1.40. The van der Waals surface area contributed by atoms with E-state index in [4.69, 9.17) is 18.9 Å². The molecule has 7 heteroatoms. The molecule has 0 radical (unpaired) electrons. The molecule has 0 aromatic heterocycles. The fourth-order valence-electron chi connectivity index (χ4n) is 5.67. The zero-order valence-electron chi connectivity index (χ0n) is 23.1. The van der Waals surface area contributed by atoms with Gasteiger partial charge in [0.15, 0.2) is 0 Å². The van der Waals surface area contributed by atoms with Gasteiger partial charge < -0.3 is 24.1 Å². The first-order valence-electron chi connectivity index (χ1n) is 13.3. The number of fused-ring (bicyclic) bond motifs is 2. The van der Waals surface area contributed by atoms with Gasteiger partial charge in [0.05, 0.1) is 25.7 Å². The number of halogens is 1. The number of aryl methyl sites for hydroxylation is 2. The van der Waals surface area contributed by atoms with Crippen molar-refractivity contribution in [2.24, 2.45) is 0 Å². The van der Waals surface area contributed by atoms with Crippen molar-refractivity contribution in [2.45, 2.75) is 64.6 Å². The topological polar surface area (TPSA) is 74.2 Å². The molecule has 0 unspecified atom stereocenters. The predicted octanol–water partition coefficient (Wildman–Crippen LogP) is 6.36. The first-order chi connectivity index (χ1) is 18.5. The minimum absolute atomic E-state index is 0.0490. The highest BCUT2D eigenvalue weighted by atomic mass is 19.1. The number of esters is 1. The van der Waals surface area contributed by atoms with Crippen LogP contribution in [-0.2, 0) is 16.0 Å². The summed E-state index contributed by atoms with van der Waals surface area (Å²) in [5.41, 5.74) is 5.70. The van der Waals surface area contributed by atoms with Crippen LogP contribution < -0.4 is 14.2 Å². The van der Waals surface area contributed by atoms with Gasteiger partial charge in [-0.1, -0.05) is 12.1 Å². The van der Waals surface area contributed by atoms with Crippen molar-refractivity contribution in [3.63, 3.8) is 0 Å². The molecule has 1 heterocycles. The summed E-state index contributed by atoms with van der Waals surface area (Å²) in [6, 6.07) is 12.9. The lowest BCUT2D eigenvalue weighted by molar-refractivity contribution is -0.141. The maximum atomic E-state index is 15.3. The monoisotopic (exact) mass is 534 g/mol. The minimum Gasteiger partial charge on any atom is -0.492 e. The van der Waals surface area contributed by atoms with Crippen molar-refractivity contribution in [3.05, 3.63) is 76.1 Å². The molecule has 6 nitrogen and oxygen atoms in total. The van der Waals surface area contributed by atoms with Gasteiger partial charge in [-0.25, -0.2) is 4.39 Å². The lowest BCUT2D eigenvalue weighted by Gasteiger charge is -2.21. The van der Waals surface area contributed by atoms with Gasteiger partial charge >= 0.3 is 5.97 Å². The first kappa shape index (κ1) is 27.0. The summed E-state index contributed by atoms with van der Waals surface area (Å²) in [5.74, 6) is 1.40. The summed E-state index contributed by atoms with van der Waals surface area (Å²) >= 11 is 0. The number of benzene rings is 3. The molecule has 2 atom stereocenters. The molecule has 0 bridgehead atoms. The molecule has 0 saturated carbocycles. The molecule has 1 aliphatic heterocycles. The van der Waals surface area contributed by atoms with Crippen LogP contribution in [-0.4, -0.2) is 37.0 Å². The number of carbonyl (C=O) groups is 1. The second-order valence-corrected chi connectivity index (χ2v) is 11.2. The standard InChI is InChI=1S/C32H35FO6/c1-18-12-22(38-17-32(3,4)35)13-19(2)30(18)24-8-10-26(33)31-25(24)9-11-27(31)39-21-6-7-23-20(14-29(34)36-5)16-37-28(23)15-21/h6-8,10,12-13,15,20,27,35H,9,11,14,16-17H2,1-5H3/t20-,27-/m1/s1. The summed E-state index contributed by atoms with van der Waals surface area (Å²) in [7, 11) is 1.38. The van der Waals surface area contributed by atoms with E-state index in [0.29, 0.717) is 42.3 Å². The summed E-state index contributed by atoms with van der Waals surface area (Å²) in [5, 5.41) is 10.0. The van der Waals surface area contributed by atoms with E-state index in [1.54, 1.807) is 13.8 Å². The van der Waals surface area contributed by atoms with Crippen molar-refractivity contribution in [1.29, 1.82) is 0 Å². The molecular weight excluding hydrogens is 499 g/mol. The minimum atomic E-state index is -0.928. The van der Waals surface area contributed by atoms with Crippen LogP contribution in [0.1, 0.15) is 66.5 Å². The second-order valence-electron chi connectivity index (χ2n) is 11.2. The average Bonchev–Trinajstić information content (AvgIpc) is 3.48. The molecule has 0 fully saturated rings. The predicted molar refractivity (Wildman–Crippen MR) is 146 cm³/mol. The fourth-order valence-corrected chi connectivity index (χ4v) is 5.67. The third kappa shape index (κ3) is 5.59. The molecule has 0 spiro atoms. The number of aliphatic hydroxyl groups is 1. The van der Waals surface area contributed by atoms with Crippen LogP contribution >= 0.6 is 0 Å². The van der Waals surface area contributed by atoms with Crippen LogP contribution in [0.2, 0.25) is 0 Å². The van der Waals surface area contributed by atoms with E-state index in [1.807, 2.05) is 50.2 Å². The normalized spacial score (nSPS) is 17.8. The Hall–Kier alpha value is -3.58. The molecule has 2 aliphatic rings. The Kier molecular flexibility index (Phi) is 7.29. The molecule has 0 saturated heterocycles. The first-order valence-corrected chi connectivity index (χ1v) is 13.3. The second kappa shape index (κ2) is 10.5. The van der Waals surface area contributed by atoms with Gasteiger partial charge in [0.1, 0.15) is 35.8 Å². The molecule has 0 amide bonds. The quantitative estimate of drug-likeness (QED) is 0.339. The largest absolute Gasteiger partial charge is 0.492 e. The van der Waals surface area contributed by atoms with Gasteiger partial charge in [0.25, 0.3) is 0 Å². The van der Waals surface area contributed by atoms with E-state index < -0.39 is 11.7 Å². The Morgan fingerprint density at radius 2 is 1.85 bits per heavy atom. The lowest BCUT2D eigenvalue weighted by Crippen LogP contribution is -2.27. The number of hydrogen-bond acceptors (Lipinski definition) is 6.